The fraction of sp³-hybridized carbons (Fsp3) is 0.500. The van der Waals surface area contributed by atoms with Gasteiger partial charge in [-0.15, -0.1) is 0 Å². The molecule has 0 bridgehead atoms. The Hall–Kier alpha value is -1.25. The molecule has 0 aromatic heterocycles. The molecule has 1 spiro atoms. The first-order valence-electron chi connectivity index (χ1n) is 7.85. The van der Waals surface area contributed by atoms with Gasteiger partial charge in [0, 0.05) is 28.1 Å². The maximum atomic E-state index is 11.0. The highest BCUT2D eigenvalue weighted by atomic mass is 79.9. The van der Waals surface area contributed by atoms with Crippen LogP contribution < -0.4 is 10.1 Å². The molecule has 4 atom stereocenters. The van der Waals surface area contributed by atoms with Crippen LogP contribution in [0, 0.1) is 5.92 Å². The summed E-state index contributed by atoms with van der Waals surface area (Å²) in [5, 5.41) is 21.8. The lowest BCUT2D eigenvalue weighted by Gasteiger charge is -2.47. The van der Waals surface area contributed by atoms with E-state index < -0.39 is 11.6 Å². The number of nitrogens with zero attached hydrogens (tertiary/aromatic N) is 1. The summed E-state index contributed by atoms with van der Waals surface area (Å²) in [4.78, 5) is 15.8. The van der Waals surface area contributed by atoms with E-state index in [0.29, 0.717) is 17.3 Å². The summed E-state index contributed by atoms with van der Waals surface area (Å²) >= 11 is 4.94. The number of ether oxygens (including phenoxy) is 1. The van der Waals surface area contributed by atoms with Crippen molar-refractivity contribution in [3.05, 3.63) is 28.2 Å². The summed E-state index contributed by atoms with van der Waals surface area (Å²) in [6.45, 7) is 0. The number of amides is 1. The van der Waals surface area contributed by atoms with Crippen molar-refractivity contribution >= 4 is 39.0 Å². The van der Waals surface area contributed by atoms with Crippen LogP contribution in [0.3, 0.4) is 0 Å². The number of hydrogen-bond acceptors (Lipinski definition) is 5. The van der Waals surface area contributed by atoms with Gasteiger partial charge in [-0.25, -0.2) is 9.79 Å². The predicted molar refractivity (Wildman–Crippen MR) is 94.6 cm³/mol. The second-order valence-electron chi connectivity index (χ2n) is 6.43. The first-order chi connectivity index (χ1) is 11.5. The predicted octanol–water partition coefficient (Wildman–Crippen LogP) is 2.94. The number of amidine groups is 1. The number of aliphatic imine (C=N–C) groups is 1. The van der Waals surface area contributed by atoms with Crippen LogP contribution in [0.15, 0.2) is 27.7 Å². The van der Waals surface area contributed by atoms with Crippen LogP contribution in [-0.4, -0.2) is 39.4 Å². The van der Waals surface area contributed by atoms with Gasteiger partial charge in [0.25, 0.3) is 0 Å². The van der Waals surface area contributed by atoms with E-state index in [2.05, 4.69) is 21.2 Å². The Balaban J connectivity index is 1.82. The number of hydrogen-bond donors (Lipinski definition) is 3. The summed E-state index contributed by atoms with van der Waals surface area (Å²) in [7, 11) is 0. The van der Waals surface area contributed by atoms with Gasteiger partial charge in [-0.3, -0.25) is 5.32 Å². The van der Waals surface area contributed by atoms with Crippen LogP contribution in [-0.2, 0) is 5.54 Å². The summed E-state index contributed by atoms with van der Waals surface area (Å²) in [5.74, 6) is 1.57. The molecule has 3 N–H and O–H groups in total. The number of halogens is 1. The lowest BCUT2D eigenvalue weighted by molar-refractivity contribution is -0.0246. The molecule has 1 aromatic rings. The van der Waals surface area contributed by atoms with Crippen molar-refractivity contribution in [2.75, 3.05) is 5.75 Å². The van der Waals surface area contributed by atoms with Crippen molar-refractivity contribution in [1.29, 1.82) is 0 Å². The second kappa shape index (κ2) is 5.93. The smallest absolute Gasteiger partial charge is 0.410 e. The Morgan fingerprint density at radius 2 is 2.29 bits per heavy atom. The quantitative estimate of drug-likeness (QED) is 0.609. The molecule has 1 aliphatic carbocycles. The zero-order valence-corrected chi connectivity index (χ0v) is 15.1. The van der Waals surface area contributed by atoms with E-state index in [-0.39, 0.29) is 18.1 Å². The van der Waals surface area contributed by atoms with Gasteiger partial charge in [-0.05, 0) is 31.0 Å². The molecule has 1 amide bonds. The zero-order valence-electron chi connectivity index (χ0n) is 12.7. The molecule has 2 heterocycles. The van der Waals surface area contributed by atoms with E-state index in [9.17, 15) is 9.90 Å². The third-order valence-corrected chi connectivity index (χ3v) is 6.55. The van der Waals surface area contributed by atoms with Crippen LogP contribution >= 0.6 is 27.7 Å². The molecule has 128 valence electrons. The molecule has 2 aliphatic heterocycles. The van der Waals surface area contributed by atoms with Gasteiger partial charge < -0.3 is 14.9 Å². The average Bonchev–Trinajstić information content (AvgIpc) is 2.92. The third kappa shape index (κ3) is 2.60. The Labute approximate surface area is 151 Å². The van der Waals surface area contributed by atoms with Crippen LogP contribution in [0.5, 0.6) is 5.75 Å². The summed E-state index contributed by atoms with van der Waals surface area (Å²) < 4.78 is 7.11. The molecule has 1 saturated carbocycles. The molecule has 4 unspecified atom stereocenters. The van der Waals surface area contributed by atoms with Crippen LogP contribution in [0.2, 0.25) is 0 Å². The number of aliphatic hydroxyl groups excluding tert-OH is 1. The number of carbonyl (C=O) groups is 1. The standard InChI is InChI=1S/C16H17BrN2O4S/c17-8-1-4-12-11(5-8)16(7-24-14(19-16)18-15(21)22)10-3-2-9(20)6-13(10)23-12/h1,4-5,9-10,13,20H,2-3,6-7H2,(H,18,19)(H,21,22). The third-order valence-electron chi connectivity index (χ3n) is 5.01. The number of carboxylic acid groups (broad SMARTS) is 1. The molecule has 3 aliphatic rings. The van der Waals surface area contributed by atoms with E-state index in [1.54, 1.807) is 0 Å². The molecule has 0 saturated heterocycles. The molecule has 4 rings (SSSR count). The Kier molecular flexibility index (Phi) is 4.01. The number of thioether (sulfide) groups is 1. The van der Waals surface area contributed by atoms with Crippen molar-refractivity contribution in [3.63, 3.8) is 0 Å². The summed E-state index contributed by atoms with van der Waals surface area (Å²) in [5.41, 5.74) is 0.481. The van der Waals surface area contributed by atoms with Gasteiger partial charge in [0.15, 0.2) is 5.17 Å². The molecular weight excluding hydrogens is 396 g/mol. The average molecular weight is 413 g/mol. The molecule has 8 heteroatoms. The number of aliphatic hydroxyl groups is 1. The fourth-order valence-electron chi connectivity index (χ4n) is 4.00. The first kappa shape index (κ1) is 16.2. The maximum absolute atomic E-state index is 11.0. The van der Waals surface area contributed by atoms with Crippen molar-refractivity contribution in [1.82, 2.24) is 5.32 Å². The van der Waals surface area contributed by atoms with Gasteiger partial charge in [-0.1, -0.05) is 27.7 Å². The van der Waals surface area contributed by atoms with Crippen molar-refractivity contribution in [3.8, 4) is 5.75 Å². The number of benzene rings is 1. The molecular formula is C16H17BrN2O4S. The molecule has 1 fully saturated rings. The molecule has 1 aromatic carbocycles. The topological polar surface area (TPSA) is 91.2 Å². The minimum Gasteiger partial charge on any atom is -0.490 e. The monoisotopic (exact) mass is 412 g/mol. The van der Waals surface area contributed by atoms with E-state index in [1.165, 1.54) is 11.8 Å². The minimum atomic E-state index is -1.10. The van der Waals surface area contributed by atoms with E-state index >= 15 is 0 Å². The molecule has 6 nitrogen and oxygen atoms in total. The number of rotatable bonds is 0. The lowest BCUT2D eigenvalue weighted by Crippen LogP contribution is -2.51. The van der Waals surface area contributed by atoms with Crippen molar-refractivity contribution in [2.24, 2.45) is 10.9 Å². The van der Waals surface area contributed by atoms with Crippen LogP contribution in [0.4, 0.5) is 4.79 Å². The van der Waals surface area contributed by atoms with E-state index in [4.69, 9.17) is 14.8 Å². The van der Waals surface area contributed by atoms with Crippen LogP contribution in [0.25, 0.3) is 0 Å². The highest BCUT2D eigenvalue weighted by molar-refractivity contribution is 9.10. The molecule has 0 radical (unpaired) electrons. The second-order valence-corrected chi connectivity index (χ2v) is 8.31. The lowest BCUT2D eigenvalue weighted by atomic mass is 9.68. The van der Waals surface area contributed by atoms with Gasteiger partial charge in [0.1, 0.15) is 17.4 Å². The zero-order chi connectivity index (χ0) is 16.9. The van der Waals surface area contributed by atoms with Crippen LogP contribution in [0.1, 0.15) is 24.8 Å². The minimum absolute atomic E-state index is 0.101. The molecule has 24 heavy (non-hydrogen) atoms. The Morgan fingerprint density at radius 1 is 1.46 bits per heavy atom. The highest BCUT2D eigenvalue weighted by Crippen LogP contribution is 2.54. The van der Waals surface area contributed by atoms with Gasteiger partial charge in [0.05, 0.1) is 6.10 Å². The Bertz CT molecular complexity index is 728. The summed E-state index contributed by atoms with van der Waals surface area (Å²) in [6.07, 6.45) is 0.560. The van der Waals surface area contributed by atoms with Crippen molar-refractivity contribution in [2.45, 2.75) is 37.0 Å². The highest BCUT2D eigenvalue weighted by Gasteiger charge is 2.54. The summed E-state index contributed by atoms with van der Waals surface area (Å²) in [6, 6.07) is 5.86. The maximum Gasteiger partial charge on any atom is 0.410 e. The van der Waals surface area contributed by atoms with E-state index in [0.717, 1.165) is 28.6 Å². The largest absolute Gasteiger partial charge is 0.490 e. The SMILES string of the molecule is O=C(O)NC1=NC2(CS1)c1cc(Br)ccc1OC1CC(O)CCC12. The van der Waals surface area contributed by atoms with Gasteiger partial charge >= 0.3 is 6.09 Å². The number of nitrogens with one attached hydrogen (secondary N) is 1. The fourth-order valence-corrected chi connectivity index (χ4v) is 5.54. The first-order valence-corrected chi connectivity index (χ1v) is 9.63. The number of fused-ring (bicyclic) bond motifs is 4. The van der Waals surface area contributed by atoms with Gasteiger partial charge in [-0.2, -0.15) is 0 Å². The Morgan fingerprint density at radius 3 is 3.08 bits per heavy atom. The van der Waals surface area contributed by atoms with E-state index in [1.807, 2.05) is 18.2 Å². The van der Waals surface area contributed by atoms with Gasteiger partial charge in [0.2, 0.25) is 0 Å². The normalized spacial score (nSPS) is 34.1. The van der Waals surface area contributed by atoms with Crippen molar-refractivity contribution < 1.29 is 19.7 Å².